The maximum atomic E-state index is 14.3. The Kier molecular flexibility index (Phi) is 3.81. The number of fused-ring (bicyclic) bond motifs is 1. The largest absolute Gasteiger partial charge is 0.453 e. The summed E-state index contributed by atoms with van der Waals surface area (Å²) in [6.45, 7) is 0.184. The van der Waals surface area contributed by atoms with Crippen LogP contribution in [0.4, 0.5) is 14.5 Å². The summed E-state index contributed by atoms with van der Waals surface area (Å²) >= 11 is 5.73. The number of nitrogens with one attached hydrogen (secondary N) is 2. The van der Waals surface area contributed by atoms with Crippen molar-refractivity contribution in [3.05, 3.63) is 58.6 Å². The second kappa shape index (κ2) is 6.14. The second-order valence-electron chi connectivity index (χ2n) is 5.32. The van der Waals surface area contributed by atoms with E-state index in [4.69, 9.17) is 16.0 Å². The van der Waals surface area contributed by atoms with Gasteiger partial charge in [0.2, 0.25) is 5.82 Å². The summed E-state index contributed by atoms with van der Waals surface area (Å²) in [6, 6.07) is 8.83. The van der Waals surface area contributed by atoms with Crippen LogP contribution in [0.25, 0.3) is 22.6 Å². The Morgan fingerprint density at radius 1 is 1.12 bits per heavy atom. The molecule has 9 heteroatoms. The van der Waals surface area contributed by atoms with Gasteiger partial charge >= 0.3 is 0 Å². The van der Waals surface area contributed by atoms with Crippen LogP contribution < -0.4 is 5.32 Å². The summed E-state index contributed by atoms with van der Waals surface area (Å²) in [7, 11) is 0. The number of anilines is 1. The number of hydrogen-bond donors (Lipinski definition) is 2. The van der Waals surface area contributed by atoms with Crippen LogP contribution in [0.1, 0.15) is 5.56 Å². The number of furan rings is 1. The van der Waals surface area contributed by atoms with E-state index in [1.165, 1.54) is 24.3 Å². The zero-order valence-corrected chi connectivity index (χ0v) is 13.3. The Morgan fingerprint density at radius 3 is 2.76 bits per heavy atom. The van der Waals surface area contributed by atoms with Crippen LogP contribution in [-0.4, -0.2) is 20.6 Å². The molecule has 0 atom stereocenters. The van der Waals surface area contributed by atoms with Gasteiger partial charge < -0.3 is 9.73 Å². The van der Waals surface area contributed by atoms with E-state index in [1.807, 2.05) is 0 Å². The lowest BCUT2D eigenvalue weighted by Gasteiger charge is -2.08. The number of tetrazole rings is 1. The number of H-pyrrole nitrogens is 1. The zero-order chi connectivity index (χ0) is 17.4. The topological polar surface area (TPSA) is 79.6 Å². The van der Waals surface area contributed by atoms with Crippen LogP contribution in [0, 0.1) is 11.6 Å². The molecule has 126 valence electrons. The third-order valence-corrected chi connectivity index (χ3v) is 3.96. The summed E-state index contributed by atoms with van der Waals surface area (Å²) in [5, 5.41) is 16.9. The molecule has 6 nitrogen and oxygen atoms in total. The van der Waals surface area contributed by atoms with Crippen LogP contribution >= 0.6 is 11.6 Å². The van der Waals surface area contributed by atoms with E-state index >= 15 is 0 Å². The van der Waals surface area contributed by atoms with Crippen LogP contribution in [0.2, 0.25) is 5.02 Å². The lowest BCUT2D eigenvalue weighted by Crippen LogP contribution is -2.02. The molecule has 4 rings (SSSR count). The molecule has 0 bridgehead atoms. The van der Waals surface area contributed by atoms with Crippen molar-refractivity contribution in [3.8, 4) is 11.6 Å². The van der Waals surface area contributed by atoms with Crippen molar-refractivity contribution < 1.29 is 13.2 Å². The van der Waals surface area contributed by atoms with E-state index < -0.39 is 11.6 Å². The summed E-state index contributed by atoms with van der Waals surface area (Å²) < 4.78 is 33.1. The Hall–Kier alpha value is -3.00. The SMILES string of the molecule is Fc1ccc(NCc2cc3oc(-c4nnn[nH]4)cc3cc2F)cc1Cl. The van der Waals surface area contributed by atoms with Gasteiger partial charge in [-0.1, -0.05) is 11.6 Å². The lowest BCUT2D eigenvalue weighted by molar-refractivity contribution is 0.605. The minimum atomic E-state index is -0.509. The summed E-state index contributed by atoms with van der Waals surface area (Å²) in [5.41, 5.74) is 1.48. The van der Waals surface area contributed by atoms with Crippen LogP contribution in [0.3, 0.4) is 0 Å². The summed E-state index contributed by atoms with van der Waals surface area (Å²) in [4.78, 5) is 0. The Labute approximate surface area is 144 Å². The van der Waals surface area contributed by atoms with Crippen molar-refractivity contribution in [1.82, 2.24) is 20.6 Å². The molecule has 2 N–H and O–H groups in total. The Balaban J connectivity index is 1.60. The maximum Gasteiger partial charge on any atom is 0.215 e. The predicted octanol–water partition coefficient (Wildman–Crippen LogP) is 4.16. The maximum absolute atomic E-state index is 14.3. The molecule has 0 saturated carbocycles. The number of aromatic nitrogens is 4. The molecule has 2 aromatic carbocycles. The third kappa shape index (κ3) is 3.03. The van der Waals surface area contributed by atoms with Crippen molar-refractivity contribution in [2.24, 2.45) is 0 Å². The van der Waals surface area contributed by atoms with Gasteiger partial charge in [0.15, 0.2) is 5.76 Å². The van der Waals surface area contributed by atoms with Gasteiger partial charge in [0.05, 0.1) is 5.02 Å². The monoisotopic (exact) mass is 361 g/mol. The molecule has 0 aliphatic carbocycles. The first-order valence-corrected chi connectivity index (χ1v) is 7.63. The van der Waals surface area contributed by atoms with Crippen molar-refractivity contribution in [2.45, 2.75) is 6.54 Å². The first kappa shape index (κ1) is 15.5. The fraction of sp³-hybridized carbons (Fsp3) is 0.0625. The highest BCUT2D eigenvalue weighted by Crippen LogP contribution is 2.28. The molecule has 0 radical (unpaired) electrons. The number of nitrogens with zero attached hydrogens (tertiary/aromatic N) is 3. The van der Waals surface area contributed by atoms with E-state index in [2.05, 4.69) is 25.9 Å². The molecule has 0 amide bonds. The van der Waals surface area contributed by atoms with E-state index in [9.17, 15) is 8.78 Å². The van der Waals surface area contributed by atoms with Crippen molar-refractivity contribution in [2.75, 3.05) is 5.32 Å². The number of aromatic amines is 1. The molecule has 0 aliphatic heterocycles. The van der Waals surface area contributed by atoms with Gasteiger partial charge in [-0.2, -0.15) is 0 Å². The second-order valence-corrected chi connectivity index (χ2v) is 5.73. The van der Waals surface area contributed by atoms with Gasteiger partial charge in [0.25, 0.3) is 0 Å². The molecule has 25 heavy (non-hydrogen) atoms. The number of benzene rings is 2. The summed E-state index contributed by atoms with van der Waals surface area (Å²) in [6.07, 6.45) is 0. The fourth-order valence-corrected chi connectivity index (χ4v) is 2.60. The number of halogens is 3. The van der Waals surface area contributed by atoms with E-state index in [0.717, 1.165) is 0 Å². The first-order chi connectivity index (χ1) is 12.1. The molecular formula is C16H10ClF2N5O. The first-order valence-electron chi connectivity index (χ1n) is 7.25. The molecule has 0 fully saturated rings. The van der Waals surface area contributed by atoms with Gasteiger partial charge in [-0.3, -0.25) is 0 Å². The zero-order valence-electron chi connectivity index (χ0n) is 12.6. The van der Waals surface area contributed by atoms with E-state index in [-0.39, 0.29) is 11.6 Å². The van der Waals surface area contributed by atoms with Crippen LogP contribution in [0.5, 0.6) is 0 Å². The Bertz CT molecular complexity index is 1050. The molecule has 0 spiro atoms. The fourth-order valence-electron chi connectivity index (χ4n) is 2.42. The molecule has 2 heterocycles. The van der Waals surface area contributed by atoms with Crippen molar-refractivity contribution >= 4 is 28.3 Å². The molecule has 0 saturated heterocycles. The highest BCUT2D eigenvalue weighted by molar-refractivity contribution is 6.31. The van der Waals surface area contributed by atoms with Gasteiger partial charge in [0.1, 0.15) is 17.2 Å². The van der Waals surface area contributed by atoms with Crippen molar-refractivity contribution in [3.63, 3.8) is 0 Å². The lowest BCUT2D eigenvalue weighted by atomic mass is 10.1. The Morgan fingerprint density at radius 2 is 2.00 bits per heavy atom. The highest BCUT2D eigenvalue weighted by atomic mass is 35.5. The number of rotatable bonds is 4. The smallest absolute Gasteiger partial charge is 0.215 e. The predicted molar refractivity (Wildman–Crippen MR) is 88.1 cm³/mol. The van der Waals surface area contributed by atoms with Gasteiger partial charge in [-0.25, -0.2) is 13.9 Å². The molecular weight excluding hydrogens is 352 g/mol. The summed E-state index contributed by atoms with van der Waals surface area (Å²) in [5.74, 6) is -0.131. The van der Waals surface area contributed by atoms with Gasteiger partial charge in [-0.15, -0.1) is 5.10 Å². The van der Waals surface area contributed by atoms with Gasteiger partial charge in [0, 0.05) is 23.2 Å². The molecule has 4 aromatic rings. The third-order valence-electron chi connectivity index (χ3n) is 3.67. The van der Waals surface area contributed by atoms with Crippen LogP contribution in [0.15, 0.2) is 40.8 Å². The average Bonchev–Trinajstić information content (AvgIpc) is 3.24. The minimum absolute atomic E-state index is 0.00253. The molecule has 2 aromatic heterocycles. The van der Waals surface area contributed by atoms with E-state index in [0.29, 0.717) is 33.8 Å². The molecule has 0 aliphatic rings. The normalized spacial score (nSPS) is 11.2. The standard InChI is InChI=1S/C16H10ClF2N5O/c17-11-6-10(1-2-12(11)18)20-7-9-5-14-8(3-13(9)19)4-15(25-14)16-21-23-24-22-16/h1-6,20H,7H2,(H,21,22,23,24). The van der Waals surface area contributed by atoms with Crippen LogP contribution in [-0.2, 0) is 6.54 Å². The van der Waals surface area contributed by atoms with Crippen molar-refractivity contribution in [1.29, 1.82) is 0 Å². The number of hydrogen-bond acceptors (Lipinski definition) is 5. The minimum Gasteiger partial charge on any atom is -0.453 e. The quantitative estimate of drug-likeness (QED) is 0.570. The average molecular weight is 362 g/mol. The van der Waals surface area contributed by atoms with Gasteiger partial charge in [-0.05, 0) is 46.8 Å². The molecule has 0 unspecified atom stereocenters. The highest BCUT2D eigenvalue weighted by Gasteiger charge is 2.13. The van der Waals surface area contributed by atoms with E-state index in [1.54, 1.807) is 12.1 Å².